The van der Waals surface area contributed by atoms with Gasteiger partial charge in [0.25, 0.3) is 0 Å². The number of nitrogens with zero attached hydrogens (tertiary/aromatic N) is 4. The first-order valence-corrected chi connectivity index (χ1v) is 6.76. The molecule has 0 amide bonds. The molecule has 0 unspecified atom stereocenters. The Morgan fingerprint density at radius 3 is 2.82 bits per heavy atom. The summed E-state index contributed by atoms with van der Waals surface area (Å²) in [5.74, 6) is 5.41. The van der Waals surface area contributed by atoms with Gasteiger partial charge in [-0.3, -0.25) is 4.68 Å². The van der Waals surface area contributed by atoms with Crippen LogP contribution in [0.4, 0.5) is 0 Å². The van der Waals surface area contributed by atoms with Crippen LogP contribution in [0.2, 0.25) is 0 Å². The van der Waals surface area contributed by atoms with Crippen LogP contribution < -0.4 is 11.6 Å². The van der Waals surface area contributed by atoms with Gasteiger partial charge in [0, 0.05) is 6.07 Å². The van der Waals surface area contributed by atoms with E-state index in [1.807, 2.05) is 16.8 Å². The Balaban J connectivity index is 2.06. The van der Waals surface area contributed by atoms with E-state index in [4.69, 9.17) is 16.1 Å². The number of nitrogens with two attached hydrogens (primary N) is 2. The Kier molecular flexibility index (Phi) is 3.61. The van der Waals surface area contributed by atoms with Crippen LogP contribution in [0.1, 0.15) is 16.8 Å². The fraction of sp³-hybridized carbons (Fsp3) is 0.133. The Morgan fingerprint density at radius 2 is 2.14 bits per heavy atom. The van der Waals surface area contributed by atoms with Crippen molar-refractivity contribution in [1.82, 2.24) is 14.9 Å². The average molecular weight is 296 g/mol. The average Bonchev–Trinajstić information content (AvgIpc) is 3.18. The molecule has 0 aliphatic heterocycles. The van der Waals surface area contributed by atoms with Crippen molar-refractivity contribution < 1.29 is 4.52 Å². The van der Waals surface area contributed by atoms with Crippen LogP contribution >= 0.6 is 0 Å². The molecule has 0 radical (unpaired) electrons. The van der Waals surface area contributed by atoms with Gasteiger partial charge in [-0.25, -0.2) is 0 Å². The summed E-state index contributed by atoms with van der Waals surface area (Å²) in [5, 5.41) is 11.9. The van der Waals surface area contributed by atoms with Crippen molar-refractivity contribution in [2.24, 2.45) is 16.7 Å². The molecule has 0 saturated heterocycles. The molecule has 1 aromatic carbocycles. The monoisotopic (exact) mass is 296 g/mol. The van der Waals surface area contributed by atoms with Crippen LogP contribution in [0.5, 0.6) is 0 Å². The van der Waals surface area contributed by atoms with Gasteiger partial charge in [-0.15, -0.1) is 0 Å². The van der Waals surface area contributed by atoms with E-state index < -0.39 is 0 Å². The summed E-state index contributed by atoms with van der Waals surface area (Å²) in [6.45, 7) is 2.65. The van der Waals surface area contributed by atoms with Crippen LogP contribution in [-0.2, 0) is 6.54 Å². The molecule has 3 rings (SSSR count). The molecule has 0 aliphatic carbocycles. The maximum absolute atomic E-state index is 5.76. The highest BCUT2D eigenvalue weighted by atomic mass is 16.5. The molecule has 3 aromatic rings. The highest BCUT2D eigenvalue weighted by molar-refractivity contribution is 5.96. The largest absolute Gasteiger partial charge is 0.380 e. The van der Waals surface area contributed by atoms with Crippen molar-refractivity contribution in [2.75, 3.05) is 0 Å². The summed E-state index contributed by atoms with van der Waals surface area (Å²) in [6, 6.07) is 11.7. The summed E-state index contributed by atoms with van der Waals surface area (Å²) >= 11 is 0. The maximum Gasteiger partial charge on any atom is 0.170 e. The number of amidine groups is 1. The van der Waals surface area contributed by atoms with Gasteiger partial charge >= 0.3 is 0 Å². The minimum Gasteiger partial charge on any atom is -0.380 e. The second-order valence-corrected chi connectivity index (χ2v) is 4.90. The van der Waals surface area contributed by atoms with Crippen molar-refractivity contribution in [3.63, 3.8) is 0 Å². The molecule has 112 valence electrons. The Labute approximate surface area is 127 Å². The van der Waals surface area contributed by atoms with E-state index in [1.54, 1.807) is 12.1 Å². The molecule has 0 aliphatic rings. The number of hydrogen-bond acceptors (Lipinski definition) is 5. The van der Waals surface area contributed by atoms with Gasteiger partial charge < -0.3 is 16.1 Å². The van der Waals surface area contributed by atoms with E-state index in [1.165, 1.54) is 11.8 Å². The number of aromatic nitrogens is 3. The maximum atomic E-state index is 5.76. The van der Waals surface area contributed by atoms with E-state index >= 15 is 0 Å². The van der Waals surface area contributed by atoms with Gasteiger partial charge in [0.15, 0.2) is 5.84 Å². The number of hydrogen-bond donors (Lipinski definition) is 2. The van der Waals surface area contributed by atoms with Crippen molar-refractivity contribution in [1.29, 1.82) is 0 Å². The third-order valence-corrected chi connectivity index (χ3v) is 3.46. The van der Waals surface area contributed by atoms with Crippen LogP contribution in [0, 0.1) is 6.92 Å². The van der Waals surface area contributed by atoms with Gasteiger partial charge in [-0.05, 0) is 24.1 Å². The molecule has 2 aromatic heterocycles. The first-order valence-electron chi connectivity index (χ1n) is 6.76. The van der Waals surface area contributed by atoms with E-state index in [-0.39, 0.29) is 5.84 Å². The highest BCUT2D eigenvalue weighted by Gasteiger charge is 2.15. The minimum absolute atomic E-state index is 0.174. The highest BCUT2D eigenvalue weighted by Crippen LogP contribution is 2.20. The van der Waals surface area contributed by atoms with Crippen LogP contribution in [0.15, 0.2) is 52.3 Å². The normalized spacial score (nSPS) is 11.8. The molecule has 0 spiro atoms. The van der Waals surface area contributed by atoms with Gasteiger partial charge in [-0.1, -0.05) is 29.4 Å². The third kappa shape index (κ3) is 2.56. The first kappa shape index (κ1) is 13.9. The van der Waals surface area contributed by atoms with Crippen LogP contribution in [0.3, 0.4) is 0 Å². The fourth-order valence-electron chi connectivity index (χ4n) is 2.23. The topological polar surface area (TPSA) is 108 Å². The van der Waals surface area contributed by atoms with Crippen molar-refractivity contribution in [2.45, 2.75) is 13.5 Å². The molecule has 0 fully saturated rings. The van der Waals surface area contributed by atoms with E-state index in [0.29, 0.717) is 17.9 Å². The third-order valence-electron chi connectivity index (χ3n) is 3.46. The van der Waals surface area contributed by atoms with Crippen LogP contribution in [0.25, 0.3) is 11.4 Å². The Hall–Kier alpha value is -3.09. The van der Waals surface area contributed by atoms with E-state index in [2.05, 4.69) is 34.4 Å². The fourth-order valence-corrected chi connectivity index (χ4v) is 2.23. The zero-order valence-corrected chi connectivity index (χ0v) is 12.1. The summed E-state index contributed by atoms with van der Waals surface area (Å²) in [5.41, 5.74) is 10.1. The number of hydrazone groups is 1. The van der Waals surface area contributed by atoms with Crippen molar-refractivity contribution in [3.05, 3.63) is 59.5 Å². The molecular weight excluding hydrogens is 280 g/mol. The molecular formula is C15H16N6O. The molecule has 7 heteroatoms. The molecule has 7 nitrogen and oxygen atoms in total. The predicted octanol–water partition coefficient (Wildman–Crippen LogP) is 1.47. The summed E-state index contributed by atoms with van der Waals surface area (Å²) in [6.07, 6.45) is 1.51. The molecule has 0 atom stereocenters. The molecule has 0 saturated carbocycles. The lowest BCUT2D eigenvalue weighted by Crippen LogP contribution is -2.16. The molecule has 22 heavy (non-hydrogen) atoms. The minimum atomic E-state index is 0.174. The predicted molar refractivity (Wildman–Crippen MR) is 82.9 cm³/mol. The lowest BCUT2D eigenvalue weighted by Gasteiger charge is -2.08. The molecule has 0 bridgehead atoms. The Morgan fingerprint density at radius 1 is 1.32 bits per heavy atom. The lowest BCUT2D eigenvalue weighted by atomic mass is 10.1. The van der Waals surface area contributed by atoms with Gasteiger partial charge in [0.1, 0.15) is 17.7 Å². The quantitative estimate of drug-likeness (QED) is 0.328. The standard InChI is InChI=1S/C15H16N6O/c1-10-4-2-3-5-11(10)9-21-14(12-6-7-22-20-12)8-13(19-21)15(16)18-17/h2-8H,9,17H2,1H3,(H2,16,18). The number of rotatable bonds is 4. The van der Waals surface area contributed by atoms with Crippen molar-refractivity contribution in [3.8, 4) is 11.4 Å². The number of benzene rings is 1. The Bertz CT molecular complexity index is 803. The number of aryl methyl sites for hydroxylation is 1. The van der Waals surface area contributed by atoms with E-state index in [0.717, 1.165) is 11.3 Å². The summed E-state index contributed by atoms with van der Waals surface area (Å²) < 4.78 is 6.73. The van der Waals surface area contributed by atoms with Crippen LogP contribution in [-0.4, -0.2) is 20.8 Å². The van der Waals surface area contributed by atoms with Crippen molar-refractivity contribution >= 4 is 5.84 Å². The summed E-state index contributed by atoms with van der Waals surface area (Å²) in [7, 11) is 0. The smallest absolute Gasteiger partial charge is 0.170 e. The molecule has 2 heterocycles. The lowest BCUT2D eigenvalue weighted by molar-refractivity contribution is 0.421. The molecule has 4 N–H and O–H groups in total. The summed E-state index contributed by atoms with van der Waals surface area (Å²) in [4.78, 5) is 0. The van der Waals surface area contributed by atoms with E-state index in [9.17, 15) is 0 Å². The second-order valence-electron chi connectivity index (χ2n) is 4.90. The second kappa shape index (κ2) is 5.72. The van der Waals surface area contributed by atoms with Gasteiger partial charge in [0.2, 0.25) is 0 Å². The SMILES string of the molecule is Cc1ccccc1Cn1nc(C(N)=NN)cc1-c1ccon1. The zero-order chi connectivity index (χ0) is 15.5. The van der Waals surface area contributed by atoms with Gasteiger partial charge in [-0.2, -0.15) is 10.2 Å². The first-order chi connectivity index (χ1) is 10.7. The zero-order valence-electron chi connectivity index (χ0n) is 12.1. The van der Waals surface area contributed by atoms with Gasteiger partial charge in [0.05, 0.1) is 12.2 Å².